The van der Waals surface area contributed by atoms with Gasteiger partial charge in [-0.25, -0.2) is 0 Å². The smallest absolute Gasteiger partial charge is 0.220 e. The average Bonchev–Trinajstić information content (AvgIpc) is 2.82. The van der Waals surface area contributed by atoms with Crippen molar-refractivity contribution in [3.8, 4) is 0 Å². The van der Waals surface area contributed by atoms with E-state index in [1.165, 1.54) is 12.8 Å². The molecule has 1 aliphatic carbocycles. The zero-order valence-electron chi connectivity index (χ0n) is 7.31. The maximum Gasteiger partial charge on any atom is 0.220 e. The molecule has 0 atom stereocenters. The Morgan fingerprint density at radius 1 is 1.42 bits per heavy atom. The van der Waals surface area contributed by atoms with E-state index in [1.54, 1.807) is 0 Å². The second-order valence-corrected chi connectivity index (χ2v) is 4.19. The van der Waals surface area contributed by atoms with E-state index in [9.17, 15) is 4.79 Å². The summed E-state index contributed by atoms with van der Waals surface area (Å²) in [4.78, 5) is 11.1. The van der Waals surface area contributed by atoms with E-state index >= 15 is 0 Å². The van der Waals surface area contributed by atoms with Crippen molar-refractivity contribution < 1.29 is 4.79 Å². The van der Waals surface area contributed by atoms with Crippen molar-refractivity contribution in [1.82, 2.24) is 5.32 Å². The van der Waals surface area contributed by atoms with Crippen LogP contribution in [0.5, 0.6) is 0 Å². The highest BCUT2D eigenvalue weighted by Crippen LogP contribution is 2.31. The number of hydrogen-bond acceptors (Lipinski definition) is 1. The third-order valence-corrected chi connectivity index (χ3v) is 2.61. The molecule has 3 heteroatoms. The lowest BCUT2D eigenvalue weighted by Gasteiger charge is -2.02. The maximum absolute atomic E-state index is 11.1. The molecule has 0 heterocycles. The molecule has 0 saturated heterocycles. The van der Waals surface area contributed by atoms with E-state index in [-0.39, 0.29) is 5.91 Å². The zero-order chi connectivity index (χ0) is 8.81. The predicted molar refractivity (Wildman–Crippen MR) is 53.4 cm³/mol. The molecule has 0 aromatic heterocycles. The molecule has 1 rings (SSSR count). The van der Waals surface area contributed by atoms with E-state index in [0.717, 1.165) is 31.1 Å². The molecule has 1 aliphatic rings. The Morgan fingerprint density at radius 3 is 2.75 bits per heavy atom. The molecule has 0 aliphatic heterocycles. The summed E-state index contributed by atoms with van der Waals surface area (Å²) in [6.45, 7) is 0.844. The first-order chi connectivity index (χ1) is 5.83. The molecule has 1 amide bonds. The topological polar surface area (TPSA) is 29.1 Å². The molecule has 70 valence electrons. The maximum atomic E-state index is 11.1. The van der Waals surface area contributed by atoms with E-state index in [4.69, 9.17) is 0 Å². The van der Waals surface area contributed by atoms with Crippen LogP contribution >= 0.6 is 15.9 Å². The van der Waals surface area contributed by atoms with Crippen LogP contribution < -0.4 is 5.32 Å². The van der Waals surface area contributed by atoms with Crippen molar-refractivity contribution in [2.45, 2.75) is 32.1 Å². The fraction of sp³-hybridized carbons (Fsp3) is 0.889. The second kappa shape index (κ2) is 5.57. The molecule has 12 heavy (non-hydrogen) atoms. The minimum absolute atomic E-state index is 0.243. The number of nitrogens with one attached hydrogen (secondary N) is 1. The Hall–Kier alpha value is -0.0500. The summed E-state index contributed by atoms with van der Waals surface area (Å²) in [5.41, 5.74) is 0. The summed E-state index contributed by atoms with van der Waals surface area (Å²) in [6.07, 6.45) is 5.50. The van der Waals surface area contributed by atoms with Crippen LogP contribution in [0.15, 0.2) is 0 Å². The highest BCUT2D eigenvalue weighted by Gasteiger charge is 2.23. The van der Waals surface area contributed by atoms with E-state index < -0.39 is 0 Å². The van der Waals surface area contributed by atoms with Gasteiger partial charge in [0.2, 0.25) is 5.91 Å². The minimum atomic E-state index is 0.243. The molecule has 0 spiro atoms. The summed E-state index contributed by atoms with van der Waals surface area (Å²) in [6, 6.07) is 0. The lowest BCUT2D eigenvalue weighted by molar-refractivity contribution is -0.121. The van der Waals surface area contributed by atoms with Crippen LogP contribution in [-0.2, 0) is 4.79 Å². The monoisotopic (exact) mass is 233 g/mol. The number of alkyl halides is 1. The van der Waals surface area contributed by atoms with Crippen molar-refractivity contribution in [2.24, 2.45) is 5.92 Å². The zero-order valence-corrected chi connectivity index (χ0v) is 8.90. The summed E-state index contributed by atoms with van der Waals surface area (Å²) < 4.78 is 0. The minimum Gasteiger partial charge on any atom is -0.356 e. The van der Waals surface area contributed by atoms with Crippen molar-refractivity contribution >= 4 is 21.8 Å². The first-order valence-corrected chi connectivity index (χ1v) is 5.77. The average molecular weight is 234 g/mol. The number of rotatable bonds is 6. The van der Waals surface area contributed by atoms with Gasteiger partial charge >= 0.3 is 0 Å². The SMILES string of the molecule is O=C(CC1CC1)NCCCCBr. The second-order valence-electron chi connectivity index (χ2n) is 3.39. The van der Waals surface area contributed by atoms with Gasteiger partial charge in [-0.3, -0.25) is 4.79 Å². The van der Waals surface area contributed by atoms with Gasteiger partial charge in [0, 0.05) is 18.3 Å². The van der Waals surface area contributed by atoms with Crippen molar-refractivity contribution in [3.63, 3.8) is 0 Å². The van der Waals surface area contributed by atoms with Gasteiger partial charge in [-0.2, -0.15) is 0 Å². The first-order valence-electron chi connectivity index (χ1n) is 4.65. The van der Waals surface area contributed by atoms with Crippen LogP contribution in [0.3, 0.4) is 0 Å². The standard InChI is InChI=1S/C9H16BrNO/c10-5-1-2-6-11-9(12)7-8-3-4-8/h8H,1-7H2,(H,11,12). The Labute approximate surface area is 82.2 Å². The summed E-state index contributed by atoms with van der Waals surface area (Å²) in [7, 11) is 0. The number of carbonyl (C=O) groups is 1. The molecule has 0 radical (unpaired) electrons. The van der Waals surface area contributed by atoms with Gasteiger partial charge < -0.3 is 5.32 Å². The Morgan fingerprint density at radius 2 is 2.17 bits per heavy atom. The van der Waals surface area contributed by atoms with Gasteiger partial charge in [0.05, 0.1) is 0 Å². The van der Waals surface area contributed by atoms with Crippen LogP contribution in [0.2, 0.25) is 0 Å². The van der Waals surface area contributed by atoms with Gasteiger partial charge in [-0.15, -0.1) is 0 Å². The van der Waals surface area contributed by atoms with Crippen LogP contribution in [0.25, 0.3) is 0 Å². The molecule has 0 aromatic carbocycles. The van der Waals surface area contributed by atoms with Crippen molar-refractivity contribution in [2.75, 3.05) is 11.9 Å². The number of amides is 1. The lowest BCUT2D eigenvalue weighted by atomic mass is 10.2. The summed E-state index contributed by atoms with van der Waals surface area (Å²) in [5, 5.41) is 3.96. The summed E-state index contributed by atoms with van der Waals surface area (Å²) in [5.74, 6) is 0.952. The van der Waals surface area contributed by atoms with Crippen LogP contribution in [0.1, 0.15) is 32.1 Å². The van der Waals surface area contributed by atoms with Gasteiger partial charge in [-0.05, 0) is 31.6 Å². The lowest BCUT2D eigenvalue weighted by Crippen LogP contribution is -2.24. The van der Waals surface area contributed by atoms with Crippen LogP contribution in [0, 0.1) is 5.92 Å². The molecule has 0 aromatic rings. The highest BCUT2D eigenvalue weighted by atomic mass is 79.9. The molecule has 0 unspecified atom stereocenters. The van der Waals surface area contributed by atoms with Gasteiger partial charge in [0.1, 0.15) is 0 Å². The summed E-state index contributed by atoms with van der Waals surface area (Å²) >= 11 is 3.35. The predicted octanol–water partition coefficient (Wildman–Crippen LogP) is 2.08. The molecule has 1 fully saturated rings. The fourth-order valence-electron chi connectivity index (χ4n) is 1.10. The fourth-order valence-corrected chi connectivity index (χ4v) is 1.50. The Bertz CT molecular complexity index is 145. The number of carbonyl (C=O) groups excluding carboxylic acids is 1. The largest absolute Gasteiger partial charge is 0.356 e. The Kier molecular flexibility index (Phi) is 4.66. The molecule has 2 nitrogen and oxygen atoms in total. The normalized spacial score (nSPS) is 16.1. The van der Waals surface area contributed by atoms with Crippen LogP contribution in [-0.4, -0.2) is 17.8 Å². The van der Waals surface area contributed by atoms with E-state index in [2.05, 4.69) is 21.2 Å². The Balaban J connectivity index is 1.87. The van der Waals surface area contributed by atoms with E-state index in [1.807, 2.05) is 0 Å². The van der Waals surface area contributed by atoms with Gasteiger partial charge in [0.25, 0.3) is 0 Å². The third-order valence-electron chi connectivity index (χ3n) is 2.05. The quantitative estimate of drug-likeness (QED) is 0.553. The van der Waals surface area contributed by atoms with Crippen molar-refractivity contribution in [3.05, 3.63) is 0 Å². The van der Waals surface area contributed by atoms with Gasteiger partial charge in [0.15, 0.2) is 0 Å². The van der Waals surface area contributed by atoms with E-state index in [0.29, 0.717) is 5.92 Å². The first kappa shape index (κ1) is 10.0. The molecule has 0 bridgehead atoms. The molecule has 1 N–H and O–H groups in total. The van der Waals surface area contributed by atoms with Crippen LogP contribution in [0.4, 0.5) is 0 Å². The van der Waals surface area contributed by atoms with Crippen molar-refractivity contribution in [1.29, 1.82) is 0 Å². The number of halogens is 1. The number of hydrogen-bond donors (Lipinski definition) is 1. The number of unbranched alkanes of at least 4 members (excludes halogenated alkanes) is 1. The highest BCUT2D eigenvalue weighted by molar-refractivity contribution is 9.09. The molecular weight excluding hydrogens is 218 g/mol. The third kappa shape index (κ3) is 4.75. The molecular formula is C9H16BrNO. The molecule has 1 saturated carbocycles. The van der Waals surface area contributed by atoms with Gasteiger partial charge in [-0.1, -0.05) is 15.9 Å².